The van der Waals surface area contributed by atoms with Crippen molar-refractivity contribution < 1.29 is 19.1 Å². The normalized spacial score (nSPS) is 9.74. The zero-order valence-corrected chi connectivity index (χ0v) is 10.3. The van der Waals surface area contributed by atoms with Crippen molar-refractivity contribution >= 4 is 12.3 Å². The minimum absolute atomic E-state index is 0.383. The lowest BCUT2D eigenvalue weighted by atomic mass is 10.1. The van der Waals surface area contributed by atoms with E-state index in [1.165, 1.54) is 0 Å². The first-order chi connectivity index (χ1) is 9.22. The number of rotatable bonds is 4. The number of methoxy groups -OCH3 is 1. The molecule has 0 fully saturated rings. The maximum atomic E-state index is 11.9. The lowest BCUT2D eigenvalue weighted by molar-refractivity contribution is 0.0734. The molecule has 0 aliphatic rings. The minimum Gasteiger partial charge on any atom is -0.497 e. The third-order valence-corrected chi connectivity index (χ3v) is 2.53. The summed E-state index contributed by atoms with van der Waals surface area (Å²) in [4.78, 5) is 22.4. The molecule has 0 unspecified atom stereocenters. The molecule has 0 saturated heterocycles. The number of benzene rings is 2. The van der Waals surface area contributed by atoms with Gasteiger partial charge in [0.05, 0.1) is 12.7 Å². The van der Waals surface area contributed by atoms with Gasteiger partial charge in [0.1, 0.15) is 17.8 Å². The van der Waals surface area contributed by atoms with E-state index in [-0.39, 0.29) is 0 Å². The van der Waals surface area contributed by atoms with Crippen LogP contribution in [0, 0.1) is 0 Å². The number of ether oxygens (including phenoxy) is 2. The first-order valence-corrected chi connectivity index (χ1v) is 5.64. The highest BCUT2D eigenvalue weighted by Gasteiger charge is 2.08. The third kappa shape index (κ3) is 3.19. The number of carbonyl (C=O) groups is 2. The summed E-state index contributed by atoms with van der Waals surface area (Å²) in [6.07, 6.45) is 0.719. The number of hydrogen-bond acceptors (Lipinski definition) is 4. The van der Waals surface area contributed by atoms with Gasteiger partial charge in [-0.2, -0.15) is 0 Å². The van der Waals surface area contributed by atoms with Crippen molar-refractivity contribution in [3.63, 3.8) is 0 Å². The standard InChI is InChI=1S/C15H12O4/c1-18-13-3-2-4-14(9-13)19-15(17)12-7-5-11(10-16)6-8-12/h2-10H,1H3. The van der Waals surface area contributed by atoms with Gasteiger partial charge in [-0.05, 0) is 24.3 Å². The Bertz CT molecular complexity index is 587. The van der Waals surface area contributed by atoms with Gasteiger partial charge in [-0.25, -0.2) is 4.79 Å². The van der Waals surface area contributed by atoms with Crippen molar-refractivity contribution in [1.82, 2.24) is 0 Å². The Morgan fingerprint density at radius 2 is 1.74 bits per heavy atom. The molecule has 2 aromatic rings. The Kier molecular flexibility index (Phi) is 3.93. The van der Waals surface area contributed by atoms with Gasteiger partial charge in [-0.3, -0.25) is 4.79 Å². The highest BCUT2D eigenvalue weighted by Crippen LogP contribution is 2.20. The molecule has 19 heavy (non-hydrogen) atoms. The average molecular weight is 256 g/mol. The van der Waals surface area contributed by atoms with Crippen molar-refractivity contribution in [3.05, 3.63) is 59.7 Å². The molecule has 4 heteroatoms. The van der Waals surface area contributed by atoms with E-state index in [4.69, 9.17) is 9.47 Å². The lowest BCUT2D eigenvalue weighted by Gasteiger charge is -2.06. The van der Waals surface area contributed by atoms with Crippen LogP contribution in [0.5, 0.6) is 11.5 Å². The number of hydrogen-bond donors (Lipinski definition) is 0. The molecule has 0 aliphatic heterocycles. The molecule has 2 rings (SSSR count). The Labute approximate surface area is 110 Å². The summed E-state index contributed by atoms with van der Waals surface area (Å²) < 4.78 is 10.3. The van der Waals surface area contributed by atoms with Crippen LogP contribution >= 0.6 is 0 Å². The molecular formula is C15H12O4. The van der Waals surface area contributed by atoms with Crippen LogP contribution in [0.4, 0.5) is 0 Å². The number of aldehydes is 1. The van der Waals surface area contributed by atoms with Gasteiger partial charge in [-0.1, -0.05) is 18.2 Å². The van der Waals surface area contributed by atoms with Gasteiger partial charge >= 0.3 is 5.97 Å². The predicted octanol–water partition coefficient (Wildman–Crippen LogP) is 2.73. The van der Waals surface area contributed by atoms with Crippen LogP contribution in [-0.2, 0) is 0 Å². The molecule has 0 radical (unpaired) electrons. The van der Waals surface area contributed by atoms with Crippen LogP contribution in [0.1, 0.15) is 20.7 Å². The molecule has 0 aliphatic carbocycles. The highest BCUT2D eigenvalue weighted by molar-refractivity contribution is 5.91. The molecule has 2 aromatic carbocycles. The second-order valence-corrected chi connectivity index (χ2v) is 3.81. The van der Waals surface area contributed by atoms with E-state index in [1.54, 1.807) is 55.6 Å². The monoisotopic (exact) mass is 256 g/mol. The highest BCUT2D eigenvalue weighted by atomic mass is 16.5. The molecular weight excluding hydrogens is 244 g/mol. The van der Waals surface area contributed by atoms with Gasteiger partial charge in [0.2, 0.25) is 0 Å². The molecule has 0 heterocycles. The Morgan fingerprint density at radius 3 is 2.37 bits per heavy atom. The summed E-state index contributed by atoms with van der Waals surface area (Å²) in [7, 11) is 1.54. The fourth-order valence-electron chi connectivity index (χ4n) is 1.53. The van der Waals surface area contributed by atoms with E-state index in [0.29, 0.717) is 22.6 Å². The van der Waals surface area contributed by atoms with E-state index < -0.39 is 5.97 Å². The summed E-state index contributed by atoms with van der Waals surface area (Å²) in [6.45, 7) is 0. The first kappa shape index (κ1) is 12.8. The van der Waals surface area contributed by atoms with Crippen molar-refractivity contribution in [3.8, 4) is 11.5 Å². The molecule has 96 valence electrons. The molecule has 4 nitrogen and oxygen atoms in total. The fraction of sp³-hybridized carbons (Fsp3) is 0.0667. The molecule has 0 saturated carbocycles. The summed E-state index contributed by atoms with van der Waals surface area (Å²) in [5.74, 6) is 0.538. The van der Waals surface area contributed by atoms with Crippen molar-refractivity contribution in [2.45, 2.75) is 0 Å². The summed E-state index contributed by atoms with van der Waals surface area (Å²) in [5, 5.41) is 0. The topological polar surface area (TPSA) is 52.6 Å². The van der Waals surface area contributed by atoms with Crippen molar-refractivity contribution in [1.29, 1.82) is 0 Å². The van der Waals surface area contributed by atoms with Gasteiger partial charge in [0.15, 0.2) is 0 Å². The second-order valence-electron chi connectivity index (χ2n) is 3.81. The Balaban J connectivity index is 2.13. The number of carbonyl (C=O) groups excluding carboxylic acids is 2. The van der Waals surface area contributed by atoms with Crippen LogP contribution in [0.15, 0.2) is 48.5 Å². The van der Waals surface area contributed by atoms with Crippen LogP contribution in [0.25, 0.3) is 0 Å². The largest absolute Gasteiger partial charge is 0.497 e. The Morgan fingerprint density at radius 1 is 1.05 bits per heavy atom. The van der Waals surface area contributed by atoms with E-state index >= 15 is 0 Å². The van der Waals surface area contributed by atoms with Crippen LogP contribution in [-0.4, -0.2) is 19.4 Å². The summed E-state index contributed by atoms with van der Waals surface area (Å²) in [5.41, 5.74) is 0.895. The third-order valence-electron chi connectivity index (χ3n) is 2.53. The molecule has 0 amide bonds. The number of esters is 1. The predicted molar refractivity (Wildman–Crippen MR) is 69.8 cm³/mol. The molecule has 0 spiro atoms. The smallest absolute Gasteiger partial charge is 0.343 e. The quantitative estimate of drug-likeness (QED) is 0.479. The van der Waals surface area contributed by atoms with Gasteiger partial charge in [-0.15, -0.1) is 0 Å². The fourth-order valence-corrected chi connectivity index (χ4v) is 1.53. The van der Waals surface area contributed by atoms with Crippen LogP contribution in [0.2, 0.25) is 0 Å². The maximum Gasteiger partial charge on any atom is 0.343 e. The minimum atomic E-state index is -0.481. The van der Waals surface area contributed by atoms with E-state index in [0.717, 1.165) is 6.29 Å². The average Bonchev–Trinajstić information content (AvgIpc) is 2.47. The SMILES string of the molecule is COc1cccc(OC(=O)c2ccc(C=O)cc2)c1. The van der Waals surface area contributed by atoms with E-state index in [1.807, 2.05) is 0 Å². The second kappa shape index (κ2) is 5.82. The van der Waals surface area contributed by atoms with Crippen LogP contribution in [0.3, 0.4) is 0 Å². The summed E-state index contributed by atoms with van der Waals surface area (Å²) >= 11 is 0. The van der Waals surface area contributed by atoms with Crippen molar-refractivity contribution in [2.75, 3.05) is 7.11 Å². The van der Waals surface area contributed by atoms with Gasteiger partial charge < -0.3 is 9.47 Å². The zero-order valence-electron chi connectivity index (χ0n) is 10.3. The molecule has 0 atom stereocenters. The maximum absolute atomic E-state index is 11.9. The first-order valence-electron chi connectivity index (χ1n) is 5.64. The Hall–Kier alpha value is -2.62. The summed E-state index contributed by atoms with van der Waals surface area (Å²) in [6, 6.07) is 13.0. The van der Waals surface area contributed by atoms with Gasteiger partial charge in [0, 0.05) is 11.6 Å². The molecule has 0 bridgehead atoms. The zero-order chi connectivity index (χ0) is 13.7. The van der Waals surface area contributed by atoms with E-state index in [2.05, 4.69) is 0 Å². The molecule has 0 N–H and O–H groups in total. The molecule has 0 aromatic heterocycles. The van der Waals surface area contributed by atoms with Gasteiger partial charge in [0.25, 0.3) is 0 Å². The van der Waals surface area contributed by atoms with E-state index in [9.17, 15) is 9.59 Å². The van der Waals surface area contributed by atoms with Crippen LogP contribution < -0.4 is 9.47 Å². The van der Waals surface area contributed by atoms with Crippen molar-refractivity contribution in [2.24, 2.45) is 0 Å². The lowest BCUT2D eigenvalue weighted by Crippen LogP contribution is -2.08.